The topological polar surface area (TPSA) is 54.9 Å². The van der Waals surface area contributed by atoms with Crippen molar-refractivity contribution in [1.29, 1.82) is 0 Å². The second-order valence-corrected chi connectivity index (χ2v) is 9.76. The quantitative estimate of drug-likeness (QED) is 0.448. The molecule has 3 aromatic rings. The van der Waals surface area contributed by atoms with Gasteiger partial charge in [0.25, 0.3) is 5.91 Å². The van der Waals surface area contributed by atoms with E-state index >= 15 is 0 Å². The van der Waals surface area contributed by atoms with Crippen molar-refractivity contribution in [2.24, 2.45) is 0 Å². The molecule has 7 heteroatoms. The van der Waals surface area contributed by atoms with E-state index < -0.39 is 0 Å². The molecule has 1 amide bonds. The number of morpholine rings is 1. The van der Waals surface area contributed by atoms with Crippen LogP contribution < -0.4 is 4.74 Å². The van der Waals surface area contributed by atoms with Crippen molar-refractivity contribution >= 4 is 17.2 Å². The number of rotatable bonds is 9. The largest absolute Gasteiger partial charge is 0.486 e. The average molecular weight is 480 g/mol. The first-order valence-electron chi connectivity index (χ1n) is 11.8. The fraction of sp³-hybridized carbons (Fsp3) is 0.407. The molecule has 1 aromatic heterocycles. The molecule has 0 atom stereocenters. The first-order chi connectivity index (χ1) is 16.5. The average Bonchev–Trinajstić information content (AvgIpc) is 3.30. The second-order valence-electron chi connectivity index (χ2n) is 8.81. The Labute approximate surface area is 206 Å². The highest BCUT2D eigenvalue weighted by Crippen LogP contribution is 2.20. The number of ether oxygens (including phenoxy) is 2. The van der Waals surface area contributed by atoms with Crippen molar-refractivity contribution < 1.29 is 14.3 Å². The number of carbonyl (C=O) groups excluding carboxylic acids is 1. The van der Waals surface area contributed by atoms with Gasteiger partial charge >= 0.3 is 0 Å². The molecular weight excluding hydrogens is 446 g/mol. The van der Waals surface area contributed by atoms with Crippen LogP contribution in [0.1, 0.15) is 37.7 Å². The zero-order chi connectivity index (χ0) is 23.9. The molecule has 34 heavy (non-hydrogen) atoms. The van der Waals surface area contributed by atoms with Crippen LogP contribution in [0.3, 0.4) is 0 Å². The highest BCUT2D eigenvalue weighted by Gasteiger charge is 2.20. The minimum absolute atomic E-state index is 0.0363. The number of thiazole rings is 1. The number of hydrogen-bond donors (Lipinski definition) is 0. The van der Waals surface area contributed by atoms with Crippen molar-refractivity contribution in [2.45, 2.75) is 33.9 Å². The molecule has 0 unspecified atom stereocenters. The van der Waals surface area contributed by atoms with Gasteiger partial charge in [-0.1, -0.05) is 23.8 Å². The van der Waals surface area contributed by atoms with Crippen LogP contribution in [0.2, 0.25) is 0 Å². The van der Waals surface area contributed by atoms with Gasteiger partial charge in [0.1, 0.15) is 17.4 Å². The zero-order valence-electron chi connectivity index (χ0n) is 20.3. The van der Waals surface area contributed by atoms with Crippen molar-refractivity contribution in [3.8, 4) is 5.75 Å². The van der Waals surface area contributed by atoms with E-state index in [0.29, 0.717) is 25.3 Å². The zero-order valence-corrected chi connectivity index (χ0v) is 21.1. The first kappa shape index (κ1) is 24.4. The molecule has 6 nitrogen and oxygen atoms in total. The van der Waals surface area contributed by atoms with Crippen LogP contribution in [0.15, 0.2) is 47.8 Å². The first-order valence-corrected chi connectivity index (χ1v) is 12.7. The van der Waals surface area contributed by atoms with Gasteiger partial charge in [0.15, 0.2) is 0 Å². The Morgan fingerprint density at radius 2 is 1.85 bits per heavy atom. The van der Waals surface area contributed by atoms with Gasteiger partial charge in [-0.05, 0) is 56.2 Å². The minimum Gasteiger partial charge on any atom is -0.486 e. The molecule has 1 aliphatic heterocycles. The van der Waals surface area contributed by atoms with E-state index in [1.54, 1.807) is 11.3 Å². The molecule has 0 bridgehead atoms. The Kier molecular flexibility index (Phi) is 8.32. The van der Waals surface area contributed by atoms with Crippen molar-refractivity contribution in [3.05, 3.63) is 80.8 Å². The van der Waals surface area contributed by atoms with Gasteiger partial charge in [-0.3, -0.25) is 9.69 Å². The van der Waals surface area contributed by atoms with Crippen molar-refractivity contribution in [1.82, 2.24) is 14.8 Å². The maximum absolute atomic E-state index is 13.3. The summed E-state index contributed by atoms with van der Waals surface area (Å²) in [4.78, 5) is 22.4. The van der Waals surface area contributed by atoms with Gasteiger partial charge in [0, 0.05) is 37.1 Å². The summed E-state index contributed by atoms with van der Waals surface area (Å²) < 4.78 is 11.4. The number of aromatic nitrogens is 1. The summed E-state index contributed by atoms with van der Waals surface area (Å²) in [6, 6.07) is 13.9. The predicted octanol–water partition coefficient (Wildman–Crippen LogP) is 4.62. The van der Waals surface area contributed by atoms with E-state index in [1.807, 2.05) is 47.5 Å². The lowest BCUT2D eigenvalue weighted by atomic mass is 10.1. The third-order valence-corrected chi connectivity index (χ3v) is 7.04. The summed E-state index contributed by atoms with van der Waals surface area (Å²) in [6.45, 7) is 11.9. The molecule has 1 fully saturated rings. The number of carbonyl (C=O) groups is 1. The lowest BCUT2D eigenvalue weighted by Gasteiger charge is -2.30. The molecule has 0 radical (unpaired) electrons. The van der Waals surface area contributed by atoms with Gasteiger partial charge < -0.3 is 14.4 Å². The normalized spacial score (nSPS) is 14.2. The van der Waals surface area contributed by atoms with Gasteiger partial charge in [-0.2, -0.15) is 0 Å². The van der Waals surface area contributed by atoms with E-state index in [-0.39, 0.29) is 5.91 Å². The number of nitrogens with zero attached hydrogens (tertiary/aromatic N) is 3. The lowest BCUT2D eigenvalue weighted by Crippen LogP contribution is -2.43. The monoisotopic (exact) mass is 479 g/mol. The third kappa shape index (κ3) is 6.65. The standard InChI is InChI=1S/C27H33N3O3S/c1-20-4-7-23(8-5-20)27(31)30(11-10-29-12-14-32-15-13-29)17-24-19-34-26(28-24)18-33-25-9-6-21(2)22(3)16-25/h4-9,16,19H,10-15,17-18H2,1-3H3. The number of aryl methyl sites for hydroxylation is 3. The van der Waals surface area contributed by atoms with Crippen molar-refractivity contribution in [3.63, 3.8) is 0 Å². The summed E-state index contributed by atoms with van der Waals surface area (Å²) >= 11 is 1.57. The Balaban J connectivity index is 1.41. The fourth-order valence-corrected chi connectivity index (χ4v) is 4.55. The predicted molar refractivity (Wildman–Crippen MR) is 136 cm³/mol. The summed E-state index contributed by atoms with van der Waals surface area (Å²) in [5.41, 5.74) is 5.21. The second kappa shape index (κ2) is 11.6. The van der Waals surface area contributed by atoms with Crippen LogP contribution in [0.5, 0.6) is 5.75 Å². The SMILES string of the molecule is Cc1ccc(C(=O)N(CCN2CCOCC2)Cc2csc(COc3ccc(C)c(C)c3)n2)cc1. The smallest absolute Gasteiger partial charge is 0.254 e. The Bertz CT molecular complexity index is 1090. The number of amides is 1. The highest BCUT2D eigenvalue weighted by molar-refractivity contribution is 7.09. The van der Waals surface area contributed by atoms with E-state index in [2.05, 4.69) is 30.9 Å². The Morgan fingerprint density at radius 3 is 2.59 bits per heavy atom. The van der Waals surface area contributed by atoms with Crippen molar-refractivity contribution in [2.75, 3.05) is 39.4 Å². The molecule has 2 heterocycles. The van der Waals surface area contributed by atoms with Gasteiger partial charge in [0.05, 0.1) is 25.5 Å². The summed E-state index contributed by atoms with van der Waals surface area (Å²) in [7, 11) is 0. The molecule has 180 valence electrons. The molecular formula is C27H33N3O3S. The van der Waals surface area contributed by atoms with Crippen LogP contribution in [0.25, 0.3) is 0 Å². The fourth-order valence-electron chi connectivity index (χ4n) is 3.85. The van der Waals surface area contributed by atoms with Gasteiger partial charge in [-0.15, -0.1) is 11.3 Å². The lowest BCUT2D eigenvalue weighted by molar-refractivity contribution is 0.0319. The third-order valence-electron chi connectivity index (χ3n) is 6.17. The van der Waals surface area contributed by atoms with E-state index in [1.165, 1.54) is 11.1 Å². The molecule has 0 N–H and O–H groups in total. The van der Waals surface area contributed by atoms with E-state index in [4.69, 9.17) is 14.5 Å². The summed E-state index contributed by atoms with van der Waals surface area (Å²) in [5.74, 6) is 0.885. The van der Waals surface area contributed by atoms with Gasteiger partial charge in [0.2, 0.25) is 0 Å². The number of hydrogen-bond acceptors (Lipinski definition) is 6. The van der Waals surface area contributed by atoms with Gasteiger partial charge in [-0.25, -0.2) is 4.98 Å². The minimum atomic E-state index is 0.0363. The van der Waals surface area contributed by atoms with E-state index in [9.17, 15) is 4.79 Å². The molecule has 0 spiro atoms. The van der Waals surface area contributed by atoms with Crippen LogP contribution in [-0.4, -0.2) is 60.1 Å². The summed E-state index contributed by atoms with van der Waals surface area (Å²) in [6.07, 6.45) is 0. The molecule has 4 rings (SSSR count). The number of benzene rings is 2. The van der Waals surface area contributed by atoms with E-state index in [0.717, 1.165) is 54.9 Å². The molecule has 2 aromatic carbocycles. The molecule has 0 saturated carbocycles. The van der Waals surface area contributed by atoms with Crippen LogP contribution in [0.4, 0.5) is 0 Å². The summed E-state index contributed by atoms with van der Waals surface area (Å²) in [5, 5.41) is 2.94. The maximum atomic E-state index is 13.3. The molecule has 1 saturated heterocycles. The Morgan fingerprint density at radius 1 is 1.09 bits per heavy atom. The van der Waals surface area contributed by atoms with Crippen LogP contribution in [-0.2, 0) is 17.9 Å². The van der Waals surface area contributed by atoms with Crippen LogP contribution >= 0.6 is 11.3 Å². The maximum Gasteiger partial charge on any atom is 0.254 e. The van der Waals surface area contributed by atoms with Crippen LogP contribution in [0, 0.1) is 20.8 Å². The highest BCUT2D eigenvalue weighted by atomic mass is 32.1. The Hall–Kier alpha value is -2.74. The molecule has 0 aliphatic carbocycles. The molecule has 1 aliphatic rings.